The molecule has 0 bridgehead atoms. The maximum absolute atomic E-state index is 15.5. The van der Waals surface area contributed by atoms with Gasteiger partial charge in [-0.15, -0.1) is 0 Å². The molecule has 1 unspecified atom stereocenters. The van der Waals surface area contributed by atoms with Crippen LogP contribution in [0.15, 0.2) is 48.7 Å². The standard InChI is InChI=1S/C45H47F4N9O5/c46-35-22-32-33(43(63)58(42(32)62)37-5-6-39(59)52-40(37)60)23-38(35)55-12-7-28(8-13-55)26-53-17-19-54(20-18-53)30-3-1-29(2-4-30)41(61)56-14-9-44(10-15-56)11-16-57(27-44)31-21-34(45(47,48)49)36(24-50)51-25-31/h1-4,21-23,25,28,37H,5-20,26-27H2,(H,52,59,60). The molecule has 5 amide bonds. The highest BCUT2D eigenvalue weighted by Crippen LogP contribution is 2.43. The Hall–Kier alpha value is -6.09. The SMILES string of the molecule is N#Cc1ncc(N2CCC3(CCN(C(=O)c4ccc(N5CCN(CC6CCN(c7cc8c(cc7F)C(=O)N(C7CCC(=O)NC7=O)C8=O)CC6)CC5)cc4)CC3)C2)cc1C(F)(F)F. The summed E-state index contributed by atoms with van der Waals surface area (Å²) in [6.07, 6.45) is 0.678. The largest absolute Gasteiger partial charge is 0.419 e. The van der Waals surface area contributed by atoms with Gasteiger partial charge in [-0.2, -0.15) is 18.4 Å². The van der Waals surface area contributed by atoms with Crippen LogP contribution in [0.25, 0.3) is 0 Å². The summed E-state index contributed by atoms with van der Waals surface area (Å²) in [5.41, 5.74) is 0.507. The lowest BCUT2D eigenvalue weighted by atomic mass is 9.77. The number of pyridine rings is 1. The van der Waals surface area contributed by atoms with Gasteiger partial charge in [0, 0.05) is 89.7 Å². The molecule has 0 aliphatic carbocycles. The Kier molecular flexibility index (Phi) is 11.1. The van der Waals surface area contributed by atoms with Gasteiger partial charge in [0.05, 0.1) is 34.3 Å². The number of piperidine rings is 3. The van der Waals surface area contributed by atoms with E-state index in [0.29, 0.717) is 56.4 Å². The van der Waals surface area contributed by atoms with Crippen molar-refractivity contribution in [3.05, 3.63) is 82.4 Å². The second-order valence-electron chi connectivity index (χ2n) is 17.7. The number of halogens is 4. The fourth-order valence-corrected chi connectivity index (χ4v) is 10.3. The van der Waals surface area contributed by atoms with Crippen molar-refractivity contribution in [3.8, 4) is 6.07 Å². The van der Waals surface area contributed by atoms with E-state index in [4.69, 9.17) is 5.26 Å². The summed E-state index contributed by atoms with van der Waals surface area (Å²) >= 11 is 0. The molecule has 18 heteroatoms. The zero-order valence-electron chi connectivity index (χ0n) is 34.6. The smallest absolute Gasteiger partial charge is 0.370 e. The number of anilines is 3. The number of carbonyl (C=O) groups excluding carboxylic acids is 5. The molecule has 14 nitrogen and oxygen atoms in total. The zero-order valence-corrected chi connectivity index (χ0v) is 34.6. The first-order valence-corrected chi connectivity index (χ1v) is 21.6. The number of nitrogens with zero attached hydrogens (tertiary/aromatic N) is 8. The van der Waals surface area contributed by atoms with Crippen LogP contribution in [0.4, 0.5) is 34.6 Å². The van der Waals surface area contributed by atoms with Gasteiger partial charge in [-0.1, -0.05) is 0 Å². The van der Waals surface area contributed by atoms with Gasteiger partial charge >= 0.3 is 6.18 Å². The molecule has 3 aromatic rings. The van der Waals surface area contributed by atoms with E-state index in [-0.39, 0.29) is 41.0 Å². The van der Waals surface area contributed by atoms with Crippen LogP contribution in [-0.2, 0) is 15.8 Å². The number of piperazine rings is 1. The van der Waals surface area contributed by atoms with E-state index in [1.54, 1.807) is 0 Å². The fourth-order valence-electron chi connectivity index (χ4n) is 10.3. The normalized spacial score (nSPS) is 22.2. The highest BCUT2D eigenvalue weighted by molar-refractivity contribution is 6.23. The number of likely N-dealkylation sites (tertiary alicyclic amines) is 1. The number of carbonyl (C=O) groups is 5. The summed E-state index contributed by atoms with van der Waals surface area (Å²) in [6, 6.07) is 11.7. The predicted octanol–water partition coefficient (Wildman–Crippen LogP) is 4.68. The number of hydrogen-bond donors (Lipinski definition) is 1. The van der Waals surface area contributed by atoms with Gasteiger partial charge in [0.15, 0.2) is 5.69 Å². The van der Waals surface area contributed by atoms with E-state index in [1.165, 1.54) is 18.3 Å². The molecule has 9 rings (SSSR count). The van der Waals surface area contributed by atoms with Gasteiger partial charge in [0.1, 0.15) is 17.9 Å². The molecule has 2 aromatic carbocycles. The summed E-state index contributed by atoms with van der Waals surface area (Å²) < 4.78 is 56.2. The van der Waals surface area contributed by atoms with Crippen molar-refractivity contribution in [2.45, 2.75) is 57.2 Å². The number of nitriles is 1. The van der Waals surface area contributed by atoms with E-state index < -0.39 is 52.9 Å². The molecule has 1 atom stereocenters. The molecule has 1 spiro atoms. The molecule has 6 aliphatic rings. The van der Waals surface area contributed by atoms with Crippen LogP contribution < -0.4 is 20.0 Å². The minimum Gasteiger partial charge on any atom is -0.370 e. The Balaban J connectivity index is 0.722. The van der Waals surface area contributed by atoms with Crippen LogP contribution >= 0.6 is 0 Å². The van der Waals surface area contributed by atoms with E-state index in [0.717, 1.165) is 87.5 Å². The Labute approximate surface area is 361 Å². The van der Waals surface area contributed by atoms with Crippen LogP contribution in [0, 0.1) is 28.5 Å². The predicted molar refractivity (Wildman–Crippen MR) is 221 cm³/mol. The van der Waals surface area contributed by atoms with E-state index in [9.17, 15) is 37.1 Å². The molecule has 0 saturated carbocycles. The summed E-state index contributed by atoms with van der Waals surface area (Å²) in [7, 11) is 0. The number of rotatable bonds is 7. The number of imide groups is 2. The van der Waals surface area contributed by atoms with Gasteiger partial charge in [-0.25, -0.2) is 9.37 Å². The van der Waals surface area contributed by atoms with Crippen LogP contribution in [0.1, 0.15) is 87.3 Å². The van der Waals surface area contributed by atoms with E-state index in [1.807, 2.05) is 39.0 Å². The molecule has 5 fully saturated rings. The Morgan fingerprint density at radius 2 is 1.48 bits per heavy atom. The summed E-state index contributed by atoms with van der Waals surface area (Å²) in [4.78, 5) is 79.1. The molecule has 0 radical (unpaired) electrons. The number of fused-ring (bicyclic) bond motifs is 1. The average molecular weight is 870 g/mol. The van der Waals surface area contributed by atoms with Crippen molar-refractivity contribution in [3.63, 3.8) is 0 Å². The Bertz CT molecular complexity index is 2380. The first kappa shape index (κ1) is 42.2. The Morgan fingerprint density at radius 3 is 2.13 bits per heavy atom. The van der Waals surface area contributed by atoms with E-state index in [2.05, 4.69) is 20.1 Å². The molecular formula is C45H47F4N9O5. The lowest BCUT2D eigenvalue weighted by Crippen LogP contribution is -2.54. The second kappa shape index (κ2) is 16.6. The van der Waals surface area contributed by atoms with Crippen molar-refractivity contribution in [1.82, 2.24) is 25.0 Å². The molecule has 330 valence electrons. The first-order valence-electron chi connectivity index (χ1n) is 21.6. The highest BCUT2D eigenvalue weighted by Gasteiger charge is 2.46. The van der Waals surface area contributed by atoms with Crippen molar-refractivity contribution in [2.75, 3.05) is 86.7 Å². The lowest BCUT2D eigenvalue weighted by molar-refractivity contribution is -0.138. The van der Waals surface area contributed by atoms with Crippen LogP contribution in [-0.4, -0.2) is 127 Å². The number of amides is 5. The molecule has 1 aromatic heterocycles. The molecule has 7 heterocycles. The number of aromatic nitrogens is 1. The maximum Gasteiger partial charge on any atom is 0.419 e. The topological polar surface area (TPSA) is 154 Å². The monoisotopic (exact) mass is 869 g/mol. The maximum atomic E-state index is 15.5. The molecule has 63 heavy (non-hydrogen) atoms. The highest BCUT2D eigenvalue weighted by atomic mass is 19.4. The van der Waals surface area contributed by atoms with Crippen LogP contribution in [0.3, 0.4) is 0 Å². The van der Waals surface area contributed by atoms with Crippen LogP contribution in [0.2, 0.25) is 0 Å². The summed E-state index contributed by atoms with van der Waals surface area (Å²) in [6.45, 7) is 7.79. The minimum atomic E-state index is -4.67. The lowest BCUT2D eigenvalue weighted by Gasteiger charge is -2.40. The quantitative estimate of drug-likeness (QED) is 0.260. The van der Waals surface area contributed by atoms with Gasteiger partial charge in [-0.05, 0) is 92.3 Å². The number of alkyl halides is 3. The molecule has 1 N–H and O–H groups in total. The minimum absolute atomic E-state index is 0.00586. The Morgan fingerprint density at radius 1 is 0.810 bits per heavy atom. The van der Waals surface area contributed by atoms with Gasteiger partial charge < -0.3 is 19.6 Å². The van der Waals surface area contributed by atoms with Gasteiger partial charge in [0.25, 0.3) is 17.7 Å². The molecule has 6 aliphatic heterocycles. The first-order chi connectivity index (χ1) is 30.2. The third kappa shape index (κ3) is 8.18. The fraction of sp³-hybridized carbons (Fsp3) is 0.489. The zero-order chi connectivity index (χ0) is 44.2. The molecular weight excluding hydrogens is 823 g/mol. The second-order valence-corrected chi connectivity index (χ2v) is 17.7. The molecule has 5 saturated heterocycles. The number of nitrogens with one attached hydrogen (secondary N) is 1. The summed E-state index contributed by atoms with van der Waals surface area (Å²) in [5, 5.41) is 11.3. The average Bonchev–Trinajstić information content (AvgIpc) is 3.80. The van der Waals surface area contributed by atoms with Gasteiger partial charge in [-0.3, -0.25) is 39.1 Å². The van der Waals surface area contributed by atoms with Crippen LogP contribution in [0.5, 0.6) is 0 Å². The third-order valence-corrected chi connectivity index (χ3v) is 14.0. The van der Waals surface area contributed by atoms with Crippen molar-refractivity contribution < 1.29 is 41.5 Å². The van der Waals surface area contributed by atoms with Crippen molar-refractivity contribution in [2.24, 2.45) is 11.3 Å². The number of hydrogen-bond acceptors (Lipinski definition) is 11. The summed E-state index contributed by atoms with van der Waals surface area (Å²) in [5.74, 6) is -2.78. The van der Waals surface area contributed by atoms with Gasteiger partial charge in [0.2, 0.25) is 11.8 Å². The van der Waals surface area contributed by atoms with E-state index >= 15 is 4.39 Å². The third-order valence-electron chi connectivity index (χ3n) is 14.0. The number of benzene rings is 2. The van der Waals surface area contributed by atoms with Crippen molar-refractivity contribution in [1.29, 1.82) is 5.26 Å². The van der Waals surface area contributed by atoms with Crippen molar-refractivity contribution >= 4 is 46.6 Å².